The summed E-state index contributed by atoms with van der Waals surface area (Å²) in [6.07, 6.45) is 0.953. The summed E-state index contributed by atoms with van der Waals surface area (Å²) in [6.45, 7) is 2.10. The Morgan fingerprint density at radius 3 is 2.43 bits per heavy atom. The van der Waals surface area contributed by atoms with Gasteiger partial charge in [-0.3, -0.25) is 4.79 Å². The molecule has 2 aromatic carbocycles. The second-order valence-corrected chi connectivity index (χ2v) is 7.97. The number of thioether (sulfide) groups is 1. The summed E-state index contributed by atoms with van der Waals surface area (Å²) in [5.41, 5.74) is 3.32. The normalized spacial score (nSPS) is 10.5. The van der Waals surface area contributed by atoms with Gasteiger partial charge in [0.15, 0.2) is 0 Å². The van der Waals surface area contributed by atoms with Crippen LogP contribution in [0.5, 0.6) is 0 Å². The molecule has 0 bridgehead atoms. The molecule has 28 heavy (non-hydrogen) atoms. The van der Waals surface area contributed by atoms with Crippen LogP contribution < -0.4 is 5.32 Å². The van der Waals surface area contributed by atoms with Crippen molar-refractivity contribution in [3.8, 4) is 11.1 Å². The number of thiophene rings is 1. The molecule has 144 valence electrons. The summed E-state index contributed by atoms with van der Waals surface area (Å²) >= 11 is 2.78. The third-order valence-corrected chi connectivity index (χ3v) is 6.13. The molecule has 3 rings (SSSR count). The average Bonchev–Trinajstić information content (AvgIpc) is 3.16. The highest BCUT2D eigenvalue weighted by Crippen LogP contribution is 2.36. The van der Waals surface area contributed by atoms with E-state index in [0.717, 1.165) is 22.4 Å². The van der Waals surface area contributed by atoms with Gasteiger partial charge >= 0.3 is 5.97 Å². The molecule has 1 heterocycles. The Morgan fingerprint density at radius 2 is 1.79 bits per heavy atom. The molecule has 1 amide bonds. The summed E-state index contributed by atoms with van der Waals surface area (Å²) in [4.78, 5) is 25.8. The number of nitrogens with one attached hydrogen (secondary N) is 1. The first kappa shape index (κ1) is 20.2. The van der Waals surface area contributed by atoms with Crippen LogP contribution in [0.15, 0.2) is 64.9 Å². The lowest BCUT2D eigenvalue weighted by Crippen LogP contribution is -2.16. The van der Waals surface area contributed by atoms with E-state index >= 15 is 0 Å². The van der Waals surface area contributed by atoms with Gasteiger partial charge in [-0.15, -0.1) is 23.1 Å². The van der Waals surface area contributed by atoms with Crippen LogP contribution in [0.25, 0.3) is 11.1 Å². The highest BCUT2D eigenvalue weighted by molar-refractivity contribution is 8.00. The smallest absolute Gasteiger partial charge is 0.341 e. The van der Waals surface area contributed by atoms with E-state index in [1.165, 1.54) is 35.8 Å². The van der Waals surface area contributed by atoms with E-state index in [2.05, 4.69) is 12.2 Å². The van der Waals surface area contributed by atoms with E-state index in [0.29, 0.717) is 10.6 Å². The lowest BCUT2D eigenvalue weighted by molar-refractivity contribution is -0.113. The monoisotopic (exact) mass is 411 g/mol. The zero-order valence-corrected chi connectivity index (χ0v) is 17.4. The minimum atomic E-state index is -0.457. The van der Waals surface area contributed by atoms with Crippen molar-refractivity contribution in [2.24, 2.45) is 0 Å². The lowest BCUT2D eigenvalue weighted by Gasteiger charge is -2.08. The molecule has 0 fully saturated rings. The zero-order valence-electron chi connectivity index (χ0n) is 15.7. The number of aryl methyl sites for hydroxylation is 1. The van der Waals surface area contributed by atoms with Gasteiger partial charge in [0.2, 0.25) is 5.91 Å². The van der Waals surface area contributed by atoms with Crippen LogP contribution in [-0.4, -0.2) is 24.7 Å². The van der Waals surface area contributed by atoms with Gasteiger partial charge in [0, 0.05) is 15.8 Å². The molecular formula is C22H21NO3S2. The molecule has 6 heteroatoms. The molecule has 4 nitrogen and oxygen atoms in total. The number of anilines is 1. The predicted octanol–water partition coefficient (Wildman–Crippen LogP) is 5.49. The Morgan fingerprint density at radius 1 is 1.07 bits per heavy atom. The molecule has 0 radical (unpaired) electrons. The summed E-state index contributed by atoms with van der Waals surface area (Å²) in [5, 5.41) is 5.26. The van der Waals surface area contributed by atoms with Crippen molar-refractivity contribution in [2.45, 2.75) is 18.2 Å². The molecule has 0 unspecified atom stereocenters. The number of benzene rings is 2. The molecule has 1 N–H and O–H groups in total. The van der Waals surface area contributed by atoms with Crippen LogP contribution in [0, 0.1) is 0 Å². The quantitative estimate of drug-likeness (QED) is 0.412. The molecule has 1 aromatic heterocycles. The van der Waals surface area contributed by atoms with Crippen LogP contribution in [0.4, 0.5) is 5.00 Å². The van der Waals surface area contributed by atoms with Crippen molar-refractivity contribution in [3.63, 3.8) is 0 Å². The number of hydrogen-bond acceptors (Lipinski definition) is 5. The first-order valence-corrected chi connectivity index (χ1v) is 10.8. The number of carbonyl (C=O) groups is 2. The maximum absolute atomic E-state index is 12.4. The van der Waals surface area contributed by atoms with Crippen molar-refractivity contribution in [1.29, 1.82) is 0 Å². The third kappa shape index (κ3) is 4.82. The van der Waals surface area contributed by atoms with E-state index in [1.54, 1.807) is 0 Å². The molecule has 0 saturated carbocycles. The van der Waals surface area contributed by atoms with Crippen LogP contribution in [-0.2, 0) is 16.0 Å². The minimum absolute atomic E-state index is 0.159. The number of esters is 1. The SMILES string of the molecule is CCc1ccc(-c2csc(NC(=O)CSc3ccccc3)c2C(=O)OC)cc1. The number of methoxy groups -OCH3 is 1. The number of amides is 1. The van der Waals surface area contributed by atoms with Crippen molar-refractivity contribution in [2.75, 3.05) is 18.2 Å². The highest BCUT2D eigenvalue weighted by atomic mass is 32.2. The summed E-state index contributed by atoms with van der Waals surface area (Å²) in [7, 11) is 1.35. The fourth-order valence-electron chi connectivity index (χ4n) is 2.72. The number of carbonyl (C=O) groups excluding carboxylic acids is 2. The van der Waals surface area contributed by atoms with E-state index < -0.39 is 5.97 Å². The maximum atomic E-state index is 12.4. The molecular weight excluding hydrogens is 390 g/mol. The molecule has 0 aliphatic heterocycles. The average molecular weight is 412 g/mol. The molecule has 0 atom stereocenters. The van der Waals surface area contributed by atoms with Crippen LogP contribution in [0.2, 0.25) is 0 Å². The Balaban J connectivity index is 1.79. The van der Waals surface area contributed by atoms with Gasteiger partial charge in [0.25, 0.3) is 0 Å². The number of hydrogen-bond donors (Lipinski definition) is 1. The Bertz CT molecular complexity index is 950. The van der Waals surface area contributed by atoms with Gasteiger partial charge in [-0.2, -0.15) is 0 Å². The van der Waals surface area contributed by atoms with Gasteiger partial charge in [0.1, 0.15) is 10.6 Å². The van der Waals surface area contributed by atoms with Crippen LogP contribution in [0.1, 0.15) is 22.8 Å². The largest absolute Gasteiger partial charge is 0.465 e. The number of rotatable bonds is 7. The van der Waals surface area contributed by atoms with Crippen molar-refractivity contribution in [3.05, 3.63) is 71.1 Å². The standard InChI is InChI=1S/C22H21NO3S2/c1-3-15-9-11-16(12-10-15)18-13-28-21(20(18)22(25)26-2)23-19(24)14-27-17-7-5-4-6-8-17/h4-13H,3,14H2,1-2H3,(H,23,24). The first-order chi connectivity index (χ1) is 13.6. The fourth-order valence-corrected chi connectivity index (χ4v) is 4.41. The van der Waals surface area contributed by atoms with Gasteiger partial charge in [-0.25, -0.2) is 4.79 Å². The van der Waals surface area contributed by atoms with Crippen molar-refractivity contribution >= 4 is 40.0 Å². The second-order valence-electron chi connectivity index (χ2n) is 6.05. The van der Waals surface area contributed by atoms with Gasteiger partial charge in [-0.05, 0) is 29.7 Å². The highest BCUT2D eigenvalue weighted by Gasteiger charge is 2.22. The summed E-state index contributed by atoms with van der Waals surface area (Å²) < 4.78 is 4.96. The molecule has 0 aliphatic rings. The van der Waals surface area contributed by atoms with Crippen LogP contribution >= 0.6 is 23.1 Å². The summed E-state index contributed by atoms with van der Waals surface area (Å²) in [5.74, 6) is -0.348. The van der Waals surface area contributed by atoms with Gasteiger partial charge in [0.05, 0.1) is 12.9 Å². The van der Waals surface area contributed by atoms with E-state index in [9.17, 15) is 9.59 Å². The molecule has 0 aliphatic carbocycles. The van der Waals surface area contributed by atoms with Crippen molar-refractivity contribution < 1.29 is 14.3 Å². The second kappa shape index (κ2) is 9.57. The van der Waals surface area contributed by atoms with E-state index in [1.807, 2.05) is 60.0 Å². The van der Waals surface area contributed by atoms with Crippen molar-refractivity contribution in [1.82, 2.24) is 0 Å². The Kier molecular flexibility index (Phi) is 6.90. The minimum Gasteiger partial charge on any atom is -0.465 e. The molecule has 3 aromatic rings. The van der Waals surface area contributed by atoms with Crippen LogP contribution in [0.3, 0.4) is 0 Å². The zero-order chi connectivity index (χ0) is 19.9. The van der Waals surface area contributed by atoms with Gasteiger partial charge in [-0.1, -0.05) is 49.4 Å². The van der Waals surface area contributed by atoms with E-state index in [-0.39, 0.29) is 11.7 Å². The molecule has 0 spiro atoms. The van der Waals surface area contributed by atoms with E-state index in [4.69, 9.17) is 4.74 Å². The first-order valence-electron chi connectivity index (χ1n) is 8.89. The Labute approximate surface area is 172 Å². The Hall–Kier alpha value is -2.57. The third-order valence-electron chi connectivity index (χ3n) is 4.22. The predicted molar refractivity (Wildman–Crippen MR) is 116 cm³/mol. The molecule has 0 saturated heterocycles. The fraction of sp³-hybridized carbons (Fsp3) is 0.182. The maximum Gasteiger partial charge on any atom is 0.341 e. The number of ether oxygens (including phenoxy) is 1. The summed E-state index contributed by atoms with van der Waals surface area (Å²) in [6, 6.07) is 17.8. The lowest BCUT2D eigenvalue weighted by atomic mass is 10.0. The van der Waals surface area contributed by atoms with Gasteiger partial charge < -0.3 is 10.1 Å². The topological polar surface area (TPSA) is 55.4 Å².